The third-order valence-corrected chi connectivity index (χ3v) is 3.69. The monoisotopic (exact) mass is 339 g/mol. The van der Waals surface area contributed by atoms with E-state index < -0.39 is 4.92 Å². The van der Waals surface area contributed by atoms with Crippen LogP contribution in [0.2, 0.25) is 5.02 Å². The van der Waals surface area contributed by atoms with Crippen molar-refractivity contribution in [3.63, 3.8) is 0 Å². The number of nitro groups is 1. The second-order valence-corrected chi connectivity index (χ2v) is 6.05. The maximum atomic E-state index is 11.1. The third-order valence-electron chi connectivity index (χ3n) is 3.44. The molecular formula is C18H14ClN3O2. The molecule has 6 heteroatoms. The Hall–Kier alpha value is -2.79. The van der Waals surface area contributed by atoms with E-state index in [-0.39, 0.29) is 5.69 Å². The molecule has 5 nitrogen and oxygen atoms in total. The van der Waals surface area contributed by atoms with Gasteiger partial charge >= 0.3 is 0 Å². The second kappa shape index (κ2) is 6.37. The molecule has 0 aliphatic rings. The number of fused-ring (bicyclic) bond motifs is 1. The Labute approximate surface area is 143 Å². The standard InChI is InChI=1S/C18H14ClN3O2/c1-11(2)9-17-20-16-8-7-14(22(23)24)10-15(16)18(21-17)12-3-5-13(19)6-4-12/h3-10H,1-2H3. The van der Waals surface area contributed by atoms with Gasteiger partial charge in [-0.15, -0.1) is 0 Å². The van der Waals surface area contributed by atoms with Gasteiger partial charge in [-0.25, -0.2) is 9.97 Å². The van der Waals surface area contributed by atoms with Gasteiger partial charge in [0.05, 0.1) is 16.1 Å². The van der Waals surface area contributed by atoms with Gasteiger partial charge in [0.1, 0.15) is 0 Å². The molecule has 0 fully saturated rings. The van der Waals surface area contributed by atoms with E-state index in [1.54, 1.807) is 18.2 Å². The van der Waals surface area contributed by atoms with Crippen molar-refractivity contribution >= 4 is 34.3 Å². The topological polar surface area (TPSA) is 68.9 Å². The van der Waals surface area contributed by atoms with E-state index in [1.165, 1.54) is 12.1 Å². The molecule has 2 aromatic carbocycles. The maximum Gasteiger partial charge on any atom is 0.270 e. The van der Waals surface area contributed by atoms with Crippen LogP contribution >= 0.6 is 11.6 Å². The zero-order valence-corrected chi connectivity index (χ0v) is 13.9. The number of non-ortho nitro benzene ring substituents is 1. The van der Waals surface area contributed by atoms with E-state index in [2.05, 4.69) is 9.97 Å². The summed E-state index contributed by atoms with van der Waals surface area (Å²) < 4.78 is 0. The summed E-state index contributed by atoms with van der Waals surface area (Å²) in [6.07, 6.45) is 1.88. The largest absolute Gasteiger partial charge is 0.270 e. The zero-order chi connectivity index (χ0) is 17.3. The second-order valence-electron chi connectivity index (χ2n) is 5.62. The van der Waals surface area contributed by atoms with Crippen molar-refractivity contribution in [3.05, 3.63) is 69.0 Å². The Balaban J connectivity index is 2.32. The fourth-order valence-corrected chi connectivity index (χ4v) is 2.52. The molecule has 0 atom stereocenters. The lowest BCUT2D eigenvalue weighted by Gasteiger charge is -2.08. The minimum atomic E-state index is -0.422. The molecule has 0 spiro atoms. The Morgan fingerprint density at radius 2 is 1.83 bits per heavy atom. The van der Waals surface area contributed by atoms with Crippen LogP contribution in [-0.2, 0) is 0 Å². The highest BCUT2D eigenvalue weighted by atomic mass is 35.5. The minimum absolute atomic E-state index is 0.0104. The van der Waals surface area contributed by atoms with Crippen molar-refractivity contribution in [3.8, 4) is 11.3 Å². The molecule has 0 N–H and O–H groups in total. The molecule has 0 aliphatic heterocycles. The molecule has 24 heavy (non-hydrogen) atoms. The SMILES string of the molecule is CC(C)=Cc1nc(-c2ccc(Cl)cc2)c2cc([N+](=O)[O-])ccc2n1. The van der Waals surface area contributed by atoms with E-state index in [0.29, 0.717) is 27.4 Å². The summed E-state index contributed by atoms with van der Waals surface area (Å²) in [7, 11) is 0. The number of hydrogen-bond acceptors (Lipinski definition) is 4. The number of nitro benzene ring substituents is 1. The molecule has 1 heterocycles. The summed E-state index contributed by atoms with van der Waals surface area (Å²) >= 11 is 5.95. The fraction of sp³-hybridized carbons (Fsp3) is 0.111. The van der Waals surface area contributed by atoms with Crippen LogP contribution in [0, 0.1) is 10.1 Å². The summed E-state index contributed by atoms with van der Waals surface area (Å²) in [6, 6.07) is 11.8. The summed E-state index contributed by atoms with van der Waals surface area (Å²) in [4.78, 5) is 19.7. The molecule has 0 radical (unpaired) electrons. The van der Waals surface area contributed by atoms with Gasteiger partial charge in [-0.3, -0.25) is 10.1 Å². The smallest absolute Gasteiger partial charge is 0.258 e. The maximum absolute atomic E-state index is 11.1. The first-order valence-corrected chi connectivity index (χ1v) is 7.69. The molecule has 120 valence electrons. The molecule has 0 aliphatic carbocycles. The van der Waals surface area contributed by atoms with Crippen LogP contribution in [0.4, 0.5) is 5.69 Å². The van der Waals surface area contributed by atoms with Crippen LogP contribution in [0.25, 0.3) is 28.2 Å². The van der Waals surface area contributed by atoms with Crippen LogP contribution in [-0.4, -0.2) is 14.9 Å². The highest BCUT2D eigenvalue weighted by molar-refractivity contribution is 6.30. The van der Waals surface area contributed by atoms with Gasteiger partial charge in [0.15, 0.2) is 5.82 Å². The first kappa shape index (κ1) is 16.1. The van der Waals surface area contributed by atoms with Gasteiger partial charge in [0.2, 0.25) is 0 Å². The minimum Gasteiger partial charge on any atom is -0.258 e. The van der Waals surface area contributed by atoms with E-state index in [0.717, 1.165) is 11.1 Å². The molecule has 0 saturated heterocycles. The summed E-state index contributed by atoms with van der Waals surface area (Å²) in [6.45, 7) is 3.93. The van der Waals surface area contributed by atoms with Crippen molar-refractivity contribution < 1.29 is 4.92 Å². The lowest BCUT2D eigenvalue weighted by molar-refractivity contribution is -0.384. The van der Waals surface area contributed by atoms with Crippen molar-refractivity contribution in [2.45, 2.75) is 13.8 Å². The van der Waals surface area contributed by atoms with Gasteiger partial charge in [0, 0.05) is 28.1 Å². The predicted molar refractivity (Wildman–Crippen MR) is 96.0 cm³/mol. The summed E-state index contributed by atoms with van der Waals surface area (Å²) in [5.41, 5.74) is 3.21. The zero-order valence-electron chi connectivity index (χ0n) is 13.2. The van der Waals surface area contributed by atoms with Crippen LogP contribution in [0.3, 0.4) is 0 Å². The van der Waals surface area contributed by atoms with Crippen LogP contribution < -0.4 is 0 Å². The highest BCUT2D eigenvalue weighted by Crippen LogP contribution is 2.30. The average molecular weight is 340 g/mol. The number of nitrogens with zero attached hydrogens (tertiary/aromatic N) is 3. The average Bonchev–Trinajstić information content (AvgIpc) is 2.54. The number of rotatable bonds is 3. The molecule has 0 unspecified atom stereocenters. The molecule has 0 amide bonds. The van der Waals surface area contributed by atoms with Crippen molar-refractivity contribution in [2.75, 3.05) is 0 Å². The fourth-order valence-electron chi connectivity index (χ4n) is 2.40. The Morgan fingerprint density at radius 1 is 1.12 bits per heavy atom. The molecule has 0 saturated carbocycles. The van der Waals surface area contributed by atoms with Crippen molar-refractivity contribution in [1.82, 2.24) is 9.97 Å². The normalized spacial score (nSPS) is 10.6. The van der Waals surface area contributed by atoms with Gasteiger partial charge < -0.3 is 0 Å². The lowest BCUT2D eigenvalue weighted by Crippen LogP contribution is -1.96. The van der Waals surface area contributed by atoms with Crippen molar-refractivity contribution in [1.29, 1.82) is 0 Å². The van der Waals surface area contributed by atoms with Crippen LogP contribution in [0.5, 0.6) is 0 Å². The Morgan fingerprint density at radius 3 is 2.46 bits per heavy atom. The molecule has 3 aromatic rings. The quantitative estimate of drug-likeness (QED) is 0.480. The van der Waals surface area contributed by atoms with E-state index in [4.69, 9.17) is 11.6 Å². The predicted octanol–water partition coefficient (Wildman–Crippen LogP) is 5.28. The van der Waals surface area contributed by atoms with E-state index >= 15 is 0 Å². The number of aromatic nitrogens is 2. The van der Waals surface area contributed by atoms with Gasteiger partial charge in [0.25, 0.3) is 5.69 Å². The number of allylic oxidation sites excluding steroid dienone is 1. The Kier molecular flexibility index (Phi) is 4.27. The lowest BCUT2D eigenvalue weighted by atomic mass is 10.1. The molecular weight excluding hydrogens is 326 g/mol. The number of hydrogen-bond donors (Lipinski definition) is 0. The summed E-state index contributed by atoms with van der Waals surface area (Å²) in [5.74, 6) is 0.571. The van der Waals surface area contributed by atoms with Crippen LogP contribution in [0.15, 0.2) is 48.0 Å². The van der Waals surface area contributed by atoms with E-state index in [9.17, 15) is 10.1 Å². The Bertz CT molecular complexity index is 962. The number of halogens is 1. The van der Waals surface area contributed by atoms with Gasteiger partial charge in [-0.1, -0.05) is 29.3 Å². The van der Waals surface area contributed by atoms with Gasteiger partial charge in [-0.05, 0) is 38.1 Å². The van der Waals surface area contributed by atoms with E-state index in [1.807, 2.05) is 32.1 Å². The number of benzene rings is 2. The third kappa shape index (κ3) is 3.26. The van der Waals surface area contributed by atoms with Crippen LogP contribution in [0.1, 0.15) is 19.7 Å². The summed E-state index contributed by atoms with van der Waals surface area (Å²) in [5, 5.41) is 12.3. The highest BCUT2D eigenvalue weighted by Gasteiger charge is 2.13. The molecule has 3 rings (SSSR count). The molecule has 0 bridgehead atoms. The first-order chi connectivity index (χ1) is 11.4. The molecule has 1 aromatic heterocycles. The van der Waals surface area contributed by atoms with Crippen molar-refractivity contribution in [2.24, 2.45) is 0 Å². The first-order valence-electron chi connectivity index (χ1n) is 7.31. The van der Waals surface area contributed by atoms with Gasteiger partial charge in [-0.2, -0.15) is 0 Å².